The Morgan fingerprint density at radius 1 is 0.473 bits per heavy atom. The van der Waals surface area contributed by atoms with Crippen LogP contribution in [0.2, 0.25) is 0 Å². The van der Waals surface area contributed by atoms with Gasteiger partial charge in [-0.1, -0.05) is 133 Å². The molecule has 55 heavy (non-hydrogen) atoms. The van der Waals surface area contributed by atoms with Crippen LogP contribution in [0.3, 0.4) is 0 Å². The molecule has 8 aromatic carbocycles. The predicted octanol–water partition coefficient (Wildman–Crippen LogP) is 13.9. The van der Waals surface area contributed by atoms with Gasteiger partial charge < -0.3 is 13.9 Å². The molecule has 0 fully saturated rings. The molecule has 3 heteroatoms. The average molecular weight is 703 g/mol. The highest BCUT2D eigenvalue weighted by molar-refractivity contribution is 6.17. The zero-order chi connectivity index (χ0) is 36.0. The Kier molecular flexibility index (Phi) is 6.46. The zero-order valence-electron chi connectivity index (χ0n) is 29.9. The number of hydrogen-bond donors (Lipinski definition) is 0. The van der Waals surface area contributed by atoms with E-state index in [-0.39, 0.29) is 12.0 Å². The molecule has 1 aliphatic carbocycles. The van der Waals surface area contributed by atoms with E-state index in [9.17, 15) is 0 Å². The first-order valence-electron chi connectivity index (χ1n) is 19.1. The molecule has 2 unspecified atom stereocenters. The van der Waals surface area contributed by atoms with Gasteiger partial charge in [-0.25, -0.2) is 0 Å². The van der Waals surface area contributed by atoms with Gasteiger partial charge in [-0.15, -0.1) is 0 Å². The van der Waals surface area contributed by atoms with Gasteiger partial charge in [0.25, 0.3) is 0 Å². The Morgan fingerprint density at radius 2 is 1.20 bits per heavy atom. The van der Waals surface area contributed by atoms with Gasteiger partial charge in [-0.3, -0.25) is 0 Å². The Bertz CT molecular complexity index is 3230. The van der Waals surface area contributed by atoms with E-state index in [0.717, 1.165) is 38.8 Å². The summed E-state index contributed by atoms with van der Waals surface area (Å²) >= 11 is 0. The molecule has 0 spiro atoms. The van der Waals surface area contributed by atoms with Crippen molar-refractivity contribution in [1.29, 1.82) is 0 Å². The summed E-state index contributed by atoms with van der Waals surface area (Å²) in [5, 5.41) is 7.25. The van der Waals surface area contributed by atoms with Crippen molar-refractivity contribution in [2.24, 2.45) is 0 Å². The third-order valence-corrected chi connectivity index (χ3v) is 11.9. The summed E-state index contributed by atoms with van der Waals surface area (Å²) in [5.74, 6) is 0.244. The van der Waals surface area contributed by atoms with Crippen molar-refractivity contribution in [3.8, 4) is 27.9 Å². The van der Waals surface area contributed by atoms with Crippen molar-refractivity contribution in [2.75, 3.05) is 4.90 Å². The predicted molar refractivity (Wildman–Crippen MR) is 230 cm³/mol. The minimum absolute atomic E-state index is 0.143. The zero-order valence-corrected chi connectivity index (χ0v) is 29.9. The SMILES string of the molecule is C1=CC2c3ccc(-c4ccc5c(c4)c4ccccc4n5-c4ccccc4)cc3N(c3ccc(-c4ccc5ccccc5c4)c4oc5ccccc5c34)C2C=C1. The summed E-state index contributed by atoms with van der Waals surface area (Å²) in [4.78, 5) is 2.57. The standard InChI is InChI=1S/C52H34N2O/c1-2-14-38(15-3-1)53-45-19-9-7-17-41(45)44-31-35(25-28-47(44)53)36-24-26-42-40-16-6-10-20-46(40)54(49(42)32-36)48-29-27-39(37-23-22-33-12-4-5-13-34(33)30-37)52-51(48)43-18-8-11-21-50(43)55-52/h1-32,40,46H. The topological polar surface area (TPSA) is 21.3 Å². The minimum atomic E-state index is 0.143. The normalized spacial score (nSPS) is 16.2. The molecular weight excluding hydrogens is 669 g/mol. The van der Waals surface area contributed by atoms with Crippen molar-refractivity contribution in [3.05, 3.63) is 200 Å². The summed E-state index contributed by atoms with van der Waals surface area (Å²) in [6, 6.07) is 62.0. The summed E-state index contributed by atoms with van der Waals surface area (Å²) in [5.41, 5.74) is 13.8. The molecule has 0 radical (unpaired) electrons. The van der Waals surface area contributed by atoms with Crippen LogP contribution in [0.15, 0.2) is 199 Å². The van der Waals surface area contributed by atoms with E-state index in [4.69, 9.17) is 4.42 Å². The lowest BCUT2D eigenvalue weighted by Crippen LogP contribution is -2.28. The van der Waals surface area contributed by atoms with Crippen LogP contribution in [0.25, 0.3) is 82.5 Å². The van der Waals surface area contributed by atoms with E-state index < -0.39 is 0 Å². The molecule has 10 aromatic rings. The molecule has 0 saturated heterocycles. The van der Waals surface area contributed by atoms with Crippen molar-refractivity contribution < 1.29 is 4.42 Å². The molecule has 3 nitrogen and oxygen atoms in total. The molecule has 1 aliphatic heterocycles. The Hall–Kier alpha value is -7.10. The monoisotopic (exact) mass is 702 g/mol. The third kappa shape index (κ3) is 4.50. The van der Waals surface area contributed by atoms with Crippen molar-refractivity contribution in [3.63, 3.8) is 0 Å². The fraction of sp³-hybridized carbons (Fsp3) is 0.0385. The quantitative estimate of drug-likeness (QED) is 0.182. The van der Waals surface area contributed by atoms with Crippen LogP contribution in [-0.4, -0.2) is 10.6 Å². The maximum absolute atomic E-state index is 6.82. The van der Waals surface area contributed by atoms with E-state index >= 15 is 0 Å². The van der Waals surface area contributed by atoms with E-state index in [1.54, 1.807) is 0 Å². The molecule has 0 saturated carbocycles. The number of hydrogen-bond acceptors (Lipinski definition) is 2. The third-order valence-electron chi connectivity index (χ3n) is 11.9. The molecular formula is C52H34N2O. The second-order valence-electron chi connectivity index (χ2n) is 14.8. The van der Waals surface area contributed by atoms with Gasteiger partial charge in [-0.2, -0.15) is 0 Å². The molecule has 0 bridgehead atoms. The lowest BCUT2D eigenvalue weighted by molar-refractivity contribution is 0.670. The molecule has 3 heterocycles. The first kappa shape index (κ1) is 30.4. The second-order valence-corrected chi connectivity index (χ2v) is 14.8. The largest absolute Gasteiger partial charge is 0.455 e. The van der Waals surface area contributed by atoms with Crippen molar-refractivity contribution in [1.82, 2.24) is 4.57 Å². The van der Waals surface area contributed by atoms with Gasteiger partial charge in [0.05, 0.1) is 28.1 Å². The minimum Gasteiger partial charge on any atom is -0.455 e. The fourth-order valence-electron chi connectivity index (χ4n) is 9.40. The second kappa shape index (κ2) is 11.7. The molecule has 258 valence electrons. The van der Waals surface area contributed by atoms with Crippen LogP contribution in [0.5, 0.6) is 0 Å². The van der Waals surface area contributed by atoms with E-state index in [0.29, 0.717) is 0 Å². The van der Waals surface area contributed by atoms with Gasteiger partial charge in [0.2, 0.25) is 0 Å². The summed E-state index contributed by atoms with van der Waals surface area (Å²) in [6.07, 6.45) is 9.12. The lowest BCUT2D eigenvalue weighted by atomic mass is 9.90. The van der Waals surface area contributed by atoms with Crippen LogP contribution < -0.4 is 4.90 Å². The van der Waals surface area contributed by atoms with Gasteiger partial charge in [-0.05, 0) is 93.7 Å². The highest BCUT2D eigenvalue weighted by Gasteiger charge is 2.39. The Labute approximate surface area is 318 Å². The van der Waals surface area contributed by atoms with E-state index in [1.165, 1.54) is 60.6 Å². The summed E-state index contributed by atoms with van der Waals surface area (Å²) in [7, 11) is 0. The number of fused-ring (bicyclic) bond motifs is 10. The number of para-hydroxylation sites is 3. The fourth-order valence-corrected chi connectivity index (χ4v) is 9.40. The van der Waals surface area contributed by atoms with Gasteiger partial charge >= 0.3 is 0 Å². The number of rotatable bonds is 4. The summed E-state index contributed by atoms with van der Waals surface area (Å²) in [6.45, 7) is 0. The van der Waals surface area contributed by atoms with Gasteiger partial charge in [0.1, 0.15) is 11.2 Å². The molecule has 2 aliphatic rings. The van der Waals surface area contributed by atoms with Crippen molar-refractivity contribution >= 4 is 65.9 Å². The van der Waals surface area contributed by atoms with Crippen LogP contribution >= 0.6 is 0 Å². The summed E-state index contributed by atoms with van der Waals surface area (Å²) < 4.78 is 9.20. The highest BCUT2D eigenvalue weighted by atomic mass is 16.3. The van der Waals surface area contributed by atoms with Crippen LogP contribution in [0.1, 0.15) is 11.5 Å². The first-order valence-corrected chi connectivity index (χ1v) is 19.1. The van der Waals surface area contributed by atoms with Crippen LogP contribution in [-0.2, 0) is 0 Å². The number of anilines is 2. The maximum Gasteiger partial charge on any atom is 0.145 e. The Morgan fingerprint density at radius 3 is 2.13 bits per heavy atom. The highest BCUT2D eigenvalue weighted by Crippen LogP contribution is 2.52. The first-order chi connectivity index (χ1) is 27.3. The number of benzene rings is 8. The van der Waals surface area contributed by atoms with E-state index in [1.807, 2.05) is 0 Å². The molecule has 0 N–H and O–H groups in total. The number of aromatic nitrogens is 1. The van der Waals surface area contributed by atoms with Crippen molar-refractivity contribution in [2.45, 2.75) is 12.0 Å². The van der Waals surface area contributed by atoms with Crippen LogP contribution in [0.4, 0.5) is 11.4 Å². The maximum atomic E-state index is 6.82. The molecule has 12 rings (SSSR count). The van der Waals surface area contributed by atoms with E-state index in [2.05, 4.69) is 204 Å². The van der Waals surface area contributed by atoms with Gasteiger partial charge in [0, 0.05) is 39.0 Å². The average Bonchev–Trinajstić information content (AvgIpc) is 3.91. The smallest absolute Gasteiger partial charge is 0.145 e. The molecule has 0 amide bonds. The van der Waals surface area contributed by atoms with Gasteiger partial charge in [0.15, 0.2) is 0 Å². The van der Waals surface area contributed by atoms with Crippen LogP contribution in [0, 0.1) is 0 Å². The number of allylic oxidation sites excluding steroid dienone is 2. The lowest BCUT2D eigenvalue weighted by Gasteiger charge is -2.29. The molecule has 2 atom stereocenters. The molecule has 2 aromatic heterocycles. The number of furan rings is 1. The number of nitrogens with zero attached hydrogens (tertiary/aromatic N) is 2. The Balaban J connectivity index is 1.05.